The maximum atomic E-state index is 4.37. The van der Waals surface area contributed by atoms with Gasteiger partial charge in [-0.2, -0.15) is 0 Å². The topological polar surface area (TPSA) is 30.2 Å². The second kappa shape index (κ2) is 5.32. The molecule has 0 saturated heterocycles. The molecular formula is C10H18N3S+. The van der Waals surface area contributed by atoms with Crippen LogP contribution in [0.1, 0.15) is 11.4 Å². The molecule has 1 aromatic rings. The first-order chi connectivity index (χ1) is 6.58. The Balaban J connectivity index is 2.50. The summed E-state index contributed by atoms with van der Waals surface area (Å²) in [6.45, 7) is 5.16. The van der Waals surface area contributed by atoms with E-state index < -0.39 is 0 Å². The van der Waals surface area contributed by atoms with Gasteiger partial charge in [0.1, 0.15) is 0 Å². The molecule has 1 heterocycles. The van der Waals surface area contributed by atoms with Crippen LogP contribution in [0.4, 0.5) is 0 Å². The van der Waals surface area contributed by atoms with E-state index in [0.717, 1.165) is 28.8 Å². The predicted molar refractivity (Wildman–Crippen MR) is 59.9 cm³/mol. The smallest absolute Gasteiger partial charge is 0.188 e. The Hall–Kier alpha value is -0.610. The van der Waals surface area contributed by atoms with Gasteiger partial charge in [0.05, 0.1) is 26.4 Å². The minimum Gasteiger partial charge on any atom is -0.339 e. The third-order valence-corrected chi connectivity index (χ3v) is 2.64. The maximum absolute atomic E-state index is 4.37. The monoisotopic (exact) mass is 212 g/mol. The summed E-state index contributed by atoms with van der Waals surface area (Å²) in [4.78, 5) is 10.2. The zero-order valence-corrected chi connectivity index (χ0v) is 10.1. The number of aryl methyl sites for hydroxylation is 2. The number of nitrogens with one attached hydrogen (secondary N) is 1. The highest BCUT2D eigenvalue weighted by molar-refractivity contribution is 7.99. The number of hydrogen-bond acceptors (Lipinski definition) is 3. The van der Waals surface area contributed by atoms with Crippen molar-refractivity contribution in [2.75, 3.05) is 26.4 Å². The normalized spacial score (nSPS) is 10.9. The lowest BCUT2D eigenvalue weighted by atomic mass is 10.4. The molecule has 0 radical (unpaired) electrons. The summed E-state index contributed by atoms with van der Waals surface area (Å²) in [5.41, 5.74) is 2.11. The van der Waals surface area contributed by atoms with Gasteiger partial charge in [-0.1, -0.05) is 11.8 Å². The fourth-order valence-electron chi connectivity index (χ4n) is 1.10. The summed E-state index contributed by atoms with van der Waals surface area (Å²) in [7, 11) is 4.31. The molecule has 0 aliphatic carbocycles. The molecule has 3 nitrogen and oxygen atoms in total. The molecule has 0 saturated carbocycles. The molecule has 0 aliphatic rings. The van der Waals surface area contributed by atoms with E-state index in [9.17, 15) is 0 Å². The van der Waals surface area contributed by atoms with E-state index in [0.29, 0.717) is 0 Å². The van der Waals surface area contributed by atoms with E-state index in [1.807, 2.05) is 19.9 Å². The van der Waals surface area contributed by atoms with Gasteiger partial charge in [0.15, 0.2) is 5.16 Å². The number of nitrogens with zero attached hydrogens (tertiary/aromatic N) is 2. The van der Waals surface area contributed by atoms with Gasteiger partial charge in [-0.3, -0.25) is 0 Å². The van der Waals surface area contributed by atoms with Crippen LogP contribution in [0, 0.1) is 13.8 Å². The van der Waals surface area contributed by atoms with Crippen molar-refractivity contribution in [1.82, 2.24) is 9.97 Å². The van der Waals surface area contributed by atoms with Crippen molar-refractivity contribution in [3.63, 3.8) is 0 Å². The lowest BCUT2D eigenvalue weighted by Crippen LogP contribution is -3.06. The average molecular weight is 212 g/mol. The molecule has 0 bridgehead atoms. The van der Waals surface area contributed by atoms with Crippen molar-refractivity contribution in [3.05, 3.63) is 17.5 Å². The quantitative estimate of drug-likeness (QED) is 0.576. The van der Waals surface area contributed by atoms with Crippen LogP contribution >= 0.6 is 11.8 Å². The molecule has 0 unspecified atom stereocenters. The maximum Gasteiger partial charge on any atom is 0.188 e. The Morgan fingerprint density at radius 3 is 2.29 bits per heavy atom. The van der Waals surface area contributed by atoms with Crippen LogP contribution in [0.3, 0.4) is 0 Å². The Labute approximate surface area is 89.9 Å². The summed E-state index contributed by atoms with van der Waals surface area (Å²) in [5, 5.41) is 0.906. The highest BCUT2D eigenvalue weighted by atomic mass is 32.2. The number of thioether (sulfide) groups is 1. The molecule has 0 amide bonds. The minimum absolute atomic E-state index is 0.906. The second-order valence-corrected chi connectivity index (χ2v) is 4.80. The fourth-order valence-corrected chi connectivity index (χ4v) is 2.21. The molecule has 4 heteroatoms. The summed E-state index contributed by atoms with van der Waals surface area (Å²) >= 11 is 1.73. The molecule has 0 atom stereocenters. The van der Waals surface area contributed by atoms with Gasteiger partial charge >= 0.3 is 0 Å². The van der Waals surface area contributed by atoms with Crippen molar-refractivity contribution >= 4 is 11.8 Å². The predicted octanol–water partition coefficient (Wildman–Crippen LogP) is 0.330. The van der Waals surface area contributed by atoms with Gasteiger partial charge in [0.2, 0.25) is 0 Å². The fraction of sp³-hybridized carbons (Fsp3) is 0.600. The highest BCUT2D eigenvalue weighted by Gasteiger charge is 2.01. The Morgan fingerprint density at radius 2 is 1.79 bits per heavy atom. The first-order valence-electron chi connectivity index (χ1n) is 4.82. The molecule has 1 aromatic heterocycles. The molecule has 78 valence electrons. The van der Waals surface area contributed by atoms with E-state index in [4.69, 9.17) is 0 Å². The van der Waals surface area contributed by atoms with Crippen LogP contribution in [0.25, 0.3) is 0 Å². The minimum atomic E-state index is 0.906. The largest absolute Gasteiger partial charge is 0.339 e. The van der Waals surface area contributed by atoms with Crippen molar-refractivity contribution in [2.45, 2.75) is 19.0 Å². The Morgan fingerprint density at radius 1 is 1.21 bits per heavy atom. The van der Waals surface area contributed by atoms with Crippen LogP contribution in [0.5, 0.6) is 0 Å². The van der Waals surface area contributed by atoms with Gasteiger partial charge in [0, 0.05) is 11.4 Å². The third-order valence-electron chi connectivity index (χ3n) is 1.79. The Kier molecular flexibility index (Phi) is 4.35. The number of quaternary nitrogens is 1. The van der Waals surface area contributed by atoms with Crippen LogP contribution in [0.2, 0.25) is 0 Å². The van der Waals surface area contributed by atoms with Crippen LogP contribution < -0.4 is 4.90 Å². The standard InChI is InChI=1S/C10H17N3S/c1-8-7-9(2)12-10(11-8)14-6-5-13(3)4/h7H,5-6H2,1-4H3/p+1. The van der Waals surface area contributed by atoms with E-state index in [1.54, 1.807) is 11.8 Å². The van der Waals surface area contributed by atoms with Crippen LogP contribution in [0.15, 0.2) is 11.2 Å². The van der Waals surface area contributed by atoms with E-state index in [1.165, 1.54) is 4.90 Å². The molecule has 0 aromatic carbocycles. The lowest BCUT2D eigenvalue weighted by Gasteiger charge is -2.06. The van der Waals surface area contributed by atoms with Crippen molar-refractivity contribution in [1.29, 1.82) is 0 Å². The SMILES string of the molecule is Cc1cc(C)nc(SCC[NH+](C)C)n1. The van der Waals surface area contributed by atoms with Crippen molar-refractivity contribution in [3.8, 4) is 0 Å². The highest BCUT2D eigenvalue weighted by Crippen LogP contribution is 2.12. The van der Waals surface area contributed by atoms with Crippen molar-refractivity contribution < 1.29 is 4.90 Å². The third kappa shape index (κ3) is 4.07. The zero-order valence-electron chi connectivity index (χ0n) is 9.29. The molecule has 1 rings (SSSR count). The molecular weight excluding hydrogens is 194 g/mol. The van der Waals surface area contributed by atoms with E-state index in [-0.39, 0.29) is 0 Å². The Bertz CT molecular complexity index is 279. The zero-order chi connectivity index (χ0) is 10.6. The number of aromatic nitrogens is 2. The lowest BCUT2D eigenvalue weighted by molar-refractivity contribution is -0.855. The van der Waals surface area contributed by atoms with Gasteiger partial charge in [0.25, 0.3) is 0 Å². The molecule has 0 aliphatic heterocycles. The summed E-state index contributed by atoms with van der Waals surface area (Å²) < 4.78 is 0. The summed E-state index contributed by atoms with van der Waals surface area (Å²) in [6.07, 6.45) is 0. The van der Waals surface area contributed by atoms with Crippen molar-refractivity contribution in [2.24, 2.45) is 0 Å². The summed E-state index contributed by atoms with van der Waals surface area (Å²) in [6, 6.07) is 2.00. The van der Waals surface area contributed by atoms with E-state index in [2.05, 4.69) is 24.1 Å². The summed E-state index contributed by atoms with van der Waals surface area (Å²) in [5.74, 6) is 1.07. The van der Waals surface area contributed by atoms with E-state index >= 15 is 0 Å². The molecule has 1 N–H and O–H groups in total. The molecule has 0 fully saturated rings. The first kappa shape index (κ1) is 11.5. The van der Waals surface area contributed by atoms with Crippen LogP contribution in [-0.4, -0.2) is 36.4 Å². The number of hydrogen-bond donors (Lipinski definition) is 1. The van der Waals surface area contributed by atoms with Crippen LogP contribution in [-0.2, 0) is 0 Å². The van der Waals surface area contributed by atoms with Gasteiger partial charge < -0.3 is 4.90 Å². The molecule has 14 heavy (non-hydrogen) atoms. The van der Waals surface area contributed by atoms with Gasteiger partial charge in [-0.05, 0) is 19.9 Å². The average Bonchev–Trinajstić information content (AvgIpc) is 2.01. The first-order valence-corrected chi connectivity index (χ1v) is 5.80. The van der Waals surface area contributed by atoms with Gasteiger partial charge in [-0.15, -0.1) is 0 Å². The second-order valence-electron chi connectivity index (χ2n) is 3.74. The molecule has 0 spiro atoms. The number of rotatable bonds is 4. The van der Waals surface area contributed by atoms with Gasteiger partial charge in [-0.25, -0.2) is 9.97 Å².